The molecule has 0 aliphatic carbocycles. The summed E-state index contributed by atoms with van der Waals surface area (Å²) in [5.74, 6) is -0.626. The highest BCUT2D eigenvalue weighted by atomic mass is 32.2. The maximum atomic E-state index is 11.2. The molecule has 0 spiro atoms. The minimum Gasteiger partial charge on any atom is -0.344 e. The zero-order chi connectivity index (χ0) is 11.9. The van der Waals surface area contributed by atoms with E-state index in [1.165, 1.54) is 11.8 Å². The van der Waals surface area contributed by atoms with Gasteiger partial charge in [0, 0.05) is 6.54 Å². The Morgan fingerprint density at radius 3 is 2.60 bits per heavy atom. The summed E-state index contributed by atoms with van der Waals surface area (Å²) in [7, 11) is -3.86. The summed E-state index contributed by atoms with van der Waals surface area (Å²) in [6, 6.07) is -0.898. The lowest BCUT2D eigenvalue weighted by Gasteiger charge is -2.09. The Morgan fingerprint density at radius 2 is 2.13 bits per heavy atom. The van der Waals surface area contributed by atoms with Crippen molar-refractivity contribution in [3.8, 4) is 0 Å². The van der Waals surface area contributed by atoms with Crippen molar-refractivity contribution in [2.24, 2.45) is 11.5 Å². The average Bonchev–Trinajstić information content (AvgIpc) is 2.13. The van der Waals surface area contributed by atoms with Crippen LogP contribution in [0.1, 0.15) is 6.42 Å². The van der Waals surface area contributed by atoms with Gasteiger partial charge in [-0.15, -0.1) is 0 Å². The van der Waals surface area contributed by atoms with E-state index in [1.807, 2.05) is 6.26 Å². The van der Waals surface area contributed by atoms with Crippen LogP contribution < -0.4 is 11.5 Å². The van der Waals surface area contributed by atoms with Gasteiger partial charge in [-0.25, -0.2) is 4.79 Å². The minimum absolute atomic E-state index is 0.0876. The maximum absolute atomic E-state index is 11.2. The summed E-state index contributed by atoms with van der Waals surface area (Å²) >= 11 is 1.52. The van der Waals surface area contributed by atoms with E-state index in [1.54, 1.807) is 0 Å². The highest BCUT2D eigenvalue weighted by Gasteiger charge is 2.21. The molecule has 6 nitrogen and oxygen atoms in total. The summed E-state index contributed by atoms with van der Waals surface area (Å²) < 4.78 is 26.3. The second-order valence-corrected chi connectivity index (χ2v) is 5.52. The van der Waals surface area contributed by atoms with Gasteiger partial charge in [-0.05, 0) is 18.4 Å². The van der Waals surface area contributed by atoms with Crippen LogP contribution in [0, 0.1) is 0 Å². The van der Waals surface area contributed by atoms with Gasteiger partial charge in [0.05, 0.1) is 5.75 Å². The molecule has 0 fully saturated rings. The highest BCUT2D eigenvalue weighted by molar-refractivity contribution is 7.98. The van der Waals surface area contributed by atoms with Gasteiger partial charge in [0.2, 0.25) is 0 Å². The minimum atomic E-state index is -3.86. The fourth-order valence-electron chi connectivity index (χ4n) is 0.736. The van der Waals surface area contributed by atoms with Crippen molar-refractivity contribution < 1.29 is 17.4 Å². The number of rotatable bonds is 7. The third-order valence-electron chi connectivity index (χ3n) is 1.51. The van der Waals surface area contributed by atoms with Crippen molar-refractivity contribution in [2.45, 2.75) is 12.5 Å². The lowest BCUT2D eigenvalue weighted by Crippen LogP contribution is -2.35. The monoisotopic (exact) mass is 256 g/mol. The van der Waals surface area contributed by atoms with E-state index in [4.69, 9.17) is 11.5 Å². The molecule has 4 N–H and O–H groups in total. The second kappa shape index (κ2) is 7.04. The molecule has 0 aromatic heterocycles. The number of hydrogen-bond donors (Lipinski definition) is 2. The molecule has 0 radical (unpaired) electrons. The molecular weight excluding hydrogens is 240 g/mol. The molecule has 0 unspecified atom stereocenters. The number of carbonyl (C=O) groups excluding carboxylic acids is 1. The normalized spacial score (nSPS) is 13.5. The third-order valence-corrected chi connectivity index (χ3v) is 3.31. The smallest absolute Gasteiger partial charge is 0.338 e. The Kier molecular flexibility index (Phi) is 6.90. The van der Waals surface area contributed by atoms with Crippen LogP contribution in [-0.4, -0.2) is 44.7 Å². The number of carbonyl (C=O) groups is 1. The van der Waals surface area contributed by atoms with Gasteiger partial charge in [0.1, 0.15) is 6.04 Å². The number of nitrogens with two attached hydrogens (primary N) is 2. The summed E-state index contributed by atoms with van der Waals surface area (Å²) in [6.45, 7) is -0.0876. The van der Waals surface area contributed by atoms with E-state index in [2.05, 4.69) is 4.18 Å². The Balaban J connectivity index is 4.12. The van der Waals surface area contributed by atoms with Crippen LogP contribution in [0.5, 0.6) is 0 Å². The molecule has 0 heterocycles. The predicted octanol–water partition coefficient (Wildman–Crippen LogP) is -1.10. The zero-order valence-corrected chi connectivity index (χ0v) is 10.1. The van der Waals surface area contributed by atoms with Crippen LogP contribution in [0.2, 0.25) is 0 Å². The third kappa shape index (κ3) is 6.72. The predicted molar refractivity (Wildman–Crippen MR) is 59.9 cm³/mol. The van der Waals surface area contributed by atoms with E-state index < -0.39 is 22.1 Å². The van der Waals surface area contributed by atoms with Crippen LogP contribution in [-0.2, 0) is 19.1 Å². The van der Waals surface area contributed by atoms with Crippen LogP contribution in [0.25, 0.3) is 0 Å². The van der Waals surface area contributed by atoms with E-state index in [0.29, 0.717) is 12.2 Å². The molecule has 0 rings (SSSR count). The molecule has 8 heteroatoms. The SMILES string of the molecule is CSCC[C@H](N)C(=O)OS(=O)(=O)CCN. The van der Waals surface area contributed by atoms with E-state index in [-0.39, 0.29) is 12.3 Å². The fraction of sp³-hybridized carbons (Fsp3) is 0.857. The molecule has 1 atom stereocenters. The second-order valence-electron chi connectivity index (χ2n) is 2.84. The van der Waals surface area contributed by atoms with E-state index in [0.717, 1.165) is 0 Å². The zero-order valence-electron chi connectivity index (χ0n) is 8.51. The quantitative estimate of drug-likeness (QED) is 0.556. The molecule has 0 aliphatic rings. The molecule has 0 aromatic rings. The Morgan fingerprint density at radius 1 is 1.53 bits per heavy atom. The standard InChI is InChI=1S/C7H16N2O4S2/c1-14-4-2-6(9)7(10)13-15(11,12)5-3-8/h6H,2-5,8-9H2,1H3/t6-/m0/s1. The molecule has 0 amide bonds. The van der Waals surface area contributed by atoms with Gasteiger partial charge in [-0.2, -0.15) is 20.2 Å². The Labute approximate surface area is 93.8 Å². The summed E-state index contributed by atoms with van der Waals surface area (Å²) in [6.07, 6.45) is 2.25. The summed E-state index contributed by atoms with van der Waals surface area (Å²) in [5, 5.41) is 0. The van der Waals surface area contributed by atoms with Gasteiger partial charge >= 0.3 is 16.1 Å². The van der Waals surface area contributed by atoms with Gasteiger partial charge in [0.25, 0.3) is 0 Å². The largest absolute Gasteiger partial charge is 0.344 e. The maximum Gasteiger partial charge on any atom is 0.338 e. The first kappa shape index (κ1) is 14.7. The van der Waals surface area contributed by atoms with Crippen molar-refractivity contribution in [3.63, 3.8) is 0 Å². The molecule has 90 valence electrons. The topological polar surface area (TPSA) is 112 Å². The van der Waals surface area contributed by atoms with Crippen molar-refractivity contribution in [2.75, 3.05) is 24.3 Å². The number of hydrogen-bond acceptors (Lipinski definition) is 7. The molecular formula is C7H16N2O4S2. The van der Waals surface area contributed by atoms with Gasteiger partial charge < -0.3 is 15.7 Å². The molecule has 0 saturated carbocycles. The molecule has 15 heavy (non-hydrogen) atoms. The summed E-state index contributed by atoms with van der Waals surface area (Å²) in [4.78, 5) is 11.2. The van der Waals surface area contributed by atoms with Crippen molar-refractivity contribution in [1.82, 2.24) is 0 Å². The highest BCUT2D eigenvalue weighted by Crippen LogP contribution is 2.02. The van der Waals surface area contributed by atoms with E-state index >= 15 is 0 Å². The van der Waals surface area contributed by atoms with Crippen LogP contribution in [0.15, 0.2) is 0 Å². The first-order valence-corrected chi connectivity index (χ1v) is 7.30. The number of thioether (sulfide) groups is 1. The Hall–Kier alpha value is -0.310. The van der Waals surface area contributed by atoms with Crippen molar-refractivity contribution in [1.29, 1.82) is 0 Å². The fourth-order valence-corrected chi connectivity index (χ4v) is 1.97. The first-order valence-electron chi connectivity index (χ1n) is 4.33. The van der Waals surface area contributed by atoms with Gasteiger partial charge in [-0.1, -0.05) is 0 Å². The van der Waals surface area contributed by atoms with Gasteiger partial charge in [-0.3, -0.25) is 0 Å². The van der Waals surface area contributed by atoms with Crippen molar-refractivity contribution >= 4 is 27.8 Å². The molecule has 0 aliphatic heterocycles. The van der Waals surface area contributed by atoms with E-state index in [9.17, 15) is 13.2 Å². The lowest BCUT2D eigenvalue weighted by molar-refractivity contribution is -0.135. The summed E-state index contributed by atoms with van der Waals surface area (Å²) in [5.41, 5.74) is 10.5. The van der Waals surface area contributed by atoms with Crippen LogP contribution in [0.4, 0.5) is 0 Å². The molecule has 0 bridgehead atoms. The molecule has 0 saturated heterocycles. The van der Waals surface area contributed by atoms with Crippen LogP contribution >= 0.6 is 11.8 Å². The molecule has 0 aromatic carbocycles. The lowest BCUT2D eigenvalue weighted by atomic mass is 10.2. The first-order chi connectivity index (χ1) is 6.93. The Bertz CT molecular complexity index is 291. The average molecular weight is 256 g/mol. The van der Waals surface area contributed by atoms with Gasteiger partial charge in [0.15, 0.2) is 0 Å². The van der Waals surface area contributed by atoms with Crippen LogP contribution in [0.3, 0.4) is 0 Å². The van der Waals surface area contributed by atoms with Crippen molar-refractivity contribution in [3.05, 3.63) is 0 Å².